The van der Waals surface area contributed by atoms with Crippen molar-refractivity contribution in [1.29, 1.82) is 0 Å². The second kappa shape index (κ2) is 2.93. The fraction of sp³-hybridized carbons (Fsp3) is 0.867. The van der Waals surface area contributed by atoms with Crippen molar-refractivity contribution in [3.63, 3.8) is 0 Å². The summed E-state index contributed by atoms with van der Waals surface area (Å²) in [5, 5.41) is 10.2. The Morgan fingerprint density at radius 2 is 2.06 bits per heavy atom. The monoisotopic (exact) mass is 220 g/mol. The smallest absolute Gasteiger partial charge is 0.0577 e. The Hall–Kier alpha value is -0.300. The predicted octanol–water partition coefficient (Wildman–Crippen LogP) is 3.39. The molecular formula is C15H24O. The Morgan fingerprint density at radius 3 is 2.75 bits per heavy atom. The molecule has 5 atom stereocenters. The summed E-state index contributed by atoms with van der Waals surface area (Å²) < 4.78 is 0. The molecule has 90 valence electrons. The minimum Gasteiger partial charge on any atom is -0.393 e. The molecule has 1 N–H and O–H groups in total. The second-order valence-electron chi connectivity index (χ2n) is 7.06. The van der Waals surface area contributed by atoms with E-state index >= 15 is 0 Å². The van der Waals surface area contributed by atoms with Crippen LogP contribution >= 0.6 is 0 Å². The van der Waals surface area contributed by atoms with Gasteiger partial charge in [-0.15, -0.1) is 0 Å². The first-order chi connectivity index (χ1) is 7.39. The van der Waals surface area contributed by atoms with Gasteiger partial charge in [-0.2, -0.15) is 0 Å². The van der Waals surface area contributed by atoms with Gasteiger partial charge in [-0.25, -0.2) is 0 Å². The van der Waals surface area contributed by atoms with E-state index in [0.29, 0.717) is 22.7 Å². The average molecular weight is 220 g/mol. The van der Waals surface area contributed by atoms with E-state index in [0.717, 1.165) is 12.3 Å². The molecule has 0 aliphatic heterocycles. The third-order valence-corrected chi connectivity index (χ3v) is 6.51. The quantitative estimate of drug-likeness (QED) is 0.620. The molecule has 0 saturated heterocycles. The van der Waals surface area contributed by atoms with E-state index < -0.39 is 0 Å². The van der Waals surface area contributed by atoms with Crippen molar-refractivity contribution in [3.8, 4) is 0 Å². The molecule has 1 heteroatoms. The molecule has 3 aliphatic rings. The minimum absolute atomic E-state index is 0.0885. The van der Waals surface area contributed by atoms with Gasteiger partial charge in [-0.3, -0.25) is 0 Å². The van der Waals surface area contributed by atoms with Crippen LogP contribution in [0.2, 0.25) is 0 Å². The third-order valence-electron chi connectivity index (χ3n) is 6.51. The van der Waals surface area contributed by atoms with Crippen LogP contribution in [0.1, 0.15) is 46.5 Å². The van der Waals surface area contributed by atoms with Crippen molar-refractivity contribution in [2.75, 3.05) is 0 Å². The second-order valence-corrected chi connectivity index (χ2v) is 7.06. The molecule has 0 heterocycles. The van der Waals surface area contributed by atoms with Crippen LogP contribution in [0.15, 0.2) is 12.2 Å². The van der Waals surface area contributed by atoms with Crippen LogP contribution in [0.4, 0.5) is 0 Å². The van der Waals surface area contributed by atoms with E-state index in [1.54, 1.807) is 0 Å². The number of rotatable bonds is 0. The Labute approximate surface area is 98.9 Å². The number of hydrogen-bond acceptors (Lipinski definition) is 1. The maximum Gasteiger partial charge on any atom is 0.0577 e. The van der Waals surface area contributed by atoms with Crippen molar-refractivity contribution in [1.82, 2.24) is 0 Å². The zero-order valence-corrected chi connectivity index (χ0v) is 10.8. The summed E-state index contributed by atoms with van der Waals surface area (Å²) in [6, 6.07) is 0. The standard InChI is InChI=1S/C15H24O/c1-9-12-7-13(16)10(2)15(12)6-5-11(8-15)14(9,3)4/h10-13,16H,1,5-8H2,2-4H3/t10-,11+,12?,13+,15-/m0/s1. The average Bonchev–Trinajstić information content (AvgIpc) is 2.75. The van der Waals surface area contributed by atoms with E-state index in [4.69, 9.17) is 0 Å². The molecule has 0 aromatic rings. The third kappa shape index (κ3) is 1.01. The van der Waals surface area contributed by atoms with Crippen molar-refractivity contribution in [2.45, 2.75) is 52.6 Å². The molecule has 1 unspecified atom stereocenters. The van der Waals surface area contributed by atoms with Crippen molar-refractivity contribution in [3.05, 3.63) is 12.2 Å². The molecule has 3 aliphatic carbocycles. The molecule has 0 amide bonds. The van der Waals surface area contributed by atoms with Crippen LogP contribution in [0.25, 0.3) is 0 Å². The molecule has 0 aromatic carbocycles. The van der Waals surface area contributed by atoms with Crippen LogP contribution in [-0.2, 0) is 0 Å². The van der Waals surface area contributed by atoms with Crippen LogP contribution in [0, 0.1) is 28.6 Å². The normalized spacial score (nSPS) is 54.1. The Kier molecular flexibility index (Phi) is 1.98. The molecule has 0 radical (unpaired) electrons. The van der Waals surface area contributed by atoms with Gasteiger partial charge in [0.05, 0.1) is 6.10 Å². The minimum atomic E-state index is -0.0885. The van der Waals surface area contributed by atoms with Gasteiger partial charge in [0.25, 0.3) is 0 Å². The summed E-state index contributed by atoms with van der Waals surface area (Å²) in [5.74, 6) is 1.88. The Morgan fingerprint density at radius 1 is 1.38 bits per heavy atom. The van der Waals surface area contributed by atoms with Crippen molar-refractivity contribution in [2.24, 2.45) is 28.6 Å². The van der Waals surface area contributed by atoms with Crippen LogP contribution < -0.4 is 0 Å². The summed E-state index contributed by atoms with van der Waals surface area (Å²) in [7, 11) is 0. The molecule has 1 spiro atoms. The first kappa shape index (κ1) is 10.8. The number of aliphatic hydroxyl groups is 1. The molecule has 3 rings (SSSR count). The van der Waals surface area contributed by atoms with Gasteiger partial charge in [0.1, 0.15) is 0 Å². The number of aliphatic hydroxyl groups excluding tert-OH is 1. The first-order valence-corrected chi connectivity index (χ1v) is 6.77. The molecule has 1 nitrogen and oxygen atoms in total. The lowest BCUT2D eigenvalue weighted by molar-refractivity contribution is 0.0587. The van der Waals surface area contributed by atoms with Gasteiger partial charge < -0.3 is 5.11 Å². The maximum absolute atomic E-state index is 10.2. The van der Waals surface area contributed by atoms with Gasteiger partial charge in [0, 0.05) is 0 Å². The Balaban J connectivity index is 2.07. The molecular weight excluding hydrogens is 196 g/mol. The van der Waals surface area contributed by atoms with Gasteiger partial charge in [-0.05, 0) is 54.3 Å². The summed E-state index contributed by atoms with van der Waals surface area (Å²) in [6.45, 7) is 11.4. The number of allylic oxidation sites excluding steroid dienone is 1. The molecule has 0 aromatic heterocycles. The SMILES string of the molecule is C=C1C2C[C@@H](O)[C@H](C)[C@@]23CC[C@H](C3)C1(C)C. The number of hydrogen-bond donors (Lipinski definition) is 1. The van der Waals surface area contributed by atoms with Gasteiger partial charge >= 0.3 is 0 Å². The zero-order valence-electron chi connectivity index (χ0n) is 10.8. The summed E-state index contributed by atoms with van der Waals surface area (Å²) in [4.78, 5) is 0. The fourth-order valence-electron chi connectivity index (χ4n) is 5.03. The van der Waals surface area contributed by atoms with E-state index in [1.807, 2.05) is 0 Å². The Bertz CT molecular complexity index is 343. The highest BCUT2D eigenvalue weighted by atomic mass is 16.3. The van der Waals surface area contributed by atoms with Gasteiger partial charge in [0.2, 0.25) is 0 Å². The van der Waals surface area contributed by atoms with Crippen LogP contribution in [0.3, 0.4) is 0 Å². The topological polar surface area (TPSA) is 20.2 Å². The van der Waals surface area contributed by atoms with Crippen molar-refractivity contribution < 1.29 is 5.11 Å². The summed E-state index contributed by atoms with van der Waals surface area (Å²) >= 11 is 0. The highest BCUT2D eigenvalue weighted by Crippen LogP contribution is 2.69. The van der Waals surface area contributed by atoms with E-state index in [9.17, 15) is 5.11 Å². The molecule has 16 heavy (non-hydrogen) atoms. The summed E-state index contributed by atoms with van der Waals surface area (Å²) in [5.41, 5.74) is 2.15. The molecule has 3 saturated carbocycles. The highest BCUT2D eigenvalue weighted by Gasteiger charge is 2.63. The van der Waals surface area contributed by atoms with E-state index in [-0.39, 0.29) is 6.10 Å². The lowest BCUT2D eigenvalue weighted by Gasteiger charge is -2.48. The predicted molar refractivity (Wildman–Crippen MR) is 66.0 cm³/mol. The van der Waals surface area contributed by atoms with E-state index in [1.165, 1.54) is 24.8 Å². The number of fused-ring (bicyclic) bond motifs is 1. The van der Waals surface area contributed by atoms with Gasteiger partial charge in [-0.1, -0.05) is 32.9 Å². The molecule has 3 fully saturated rings. The molecule has 2 bridgehead atoms. The highest BCUT2D eigenvalue weighted by molar-refractivity contribution is 5.27. The largest absolute Gasteiger partial charge is 0.393 e. The summed E-state index contributed by atoms with van der Waals surface area (Å²) in [6.07, 6.45) is 4.88. The zero-order chi connectivity index (χ0) is 11.7. The lowest BCUT2D eigenvalue weighted by atomic mass is 9.56. The fourth-order valence-corrected chi connectivity index (χ4v) is 5.03. The lowest BCUT2D eigenvalue weighted by Crippen LogP contribution is -2.40. The maximum atomic E-state index is 10.2. The first-order valence-electron chi connectivity index (χ1n) is 6.77. The van der Waals surface area contributed by atoms with Gasteiger partial charge in [0.15, 0.2) is 0 Å². The van der Waals surface area contributed by atoms with Crippen LogP contribution in [-0.4, -0.2) is 11.2 Å². The van der Waals surface area contributed by atoms with Crippen molar-refractivity contribution >= 4 is 0 Å². The van der Waals surface area contributed by atoms with Crippen LogP contribution in [0.5, 0.6) is 0 Å². The van der Waals surface area contributed by atoms with E-state index in [2.05, 4.69) is 27.4 Å².